The normalized spacial score (nSPS) is 17.7. The molecule has 2 aromatic carbocycles. The number of rotatable bonds is 6. The molecular formula is C21H25NO3S. The molecule has 0 radical (unpaired) electrons. The van der Waals surface area contributed by atoms with Crippen molar-refractivity contribution in [3.8, 4) is 11.5 Å². The smallest absolute Gasteiger partial charge is 0.230 e. The molecule has 1 amide bonds. The van der Waals surface area contributed by atoms with E-state index in [1.54, 1.807) is 18.9 Å². The molecule has 0 aliphatic carbocycles. The second-order valence-corrected chi connectivity index (χ2v) is 8.05. The highest BCUT2D eigenvalue weighted by Crippen LogP contribution is 2.41. The van der Waals surface area contributed by atoms with Gasteiger partial charge in [-0.2, -0.15) is 0 Å². The number of thioether (sulfide) groups is 1. The number of nitrogens with one attached hydrogen (secondary N) is 1. The summed E-state index contributed by atoms with van der Waals surface area (Å²) in [5.41, 5.74) is 1.88. The molecule has 1 N–H and O–H groups in total. The fraction of sp³-hybridized carbons (Fsp3) is 0.381. The highest BCUT2D eigenvalue weighted by atomic mass is 32.2. The standard InChI is InChI=1S/C21H25NO3S/c1-21(2)12-18(17-11-16(24-3)9-10-19(17)25-21)22-20(23)14-26-13-15-7-5-4-6-8-15/h4-11,18H,12-14H2,1-3H3,(H,22,23). The molecule has 0 fully saturated rings. The number of methoxy groups -OCH3 is 1. The lowest BCUT2D eigenvalue weighted by Gasteiger charge is -2.38. The van der Waals surface area contributed by atoms with Gasteiger partial charge < -0.3 is 14.8 Å². The molecule has 138 valence electrons. The minimum Gasteiger partial charge on any atom is -0.497 e. The van der Waals surface area contributed by atoms with Gasteiger partial charge in [0.05, 0.1) is 18.9 Å². The summed E-state index contributed by atoms with van der Waals surface area (Å²) in [4.78, 5) is 12.5. The van der Waals surface area contributed by atoms with Crippen LogP contribution in [0.15, 0.2) is 48.5 Å². The first-order valence-electron chi connectivity index (χ1n) is 8.75. The summed E-state index contributed by atoms with van der Waals surface area (Å²) >= 11 is 1.62. The third-order valence-electron chi connectivity index (χ3n) is 4.35. The third-order valence-corrected chi connectivity index (χ3v) is 5.36. The zero-order valence-corrected chi connectivity index (χ0v) is 16.3. The number of hydrogen-bond acceptors (Lipinski definition) is 4. The summed E-state index contributed by atoms with van der Waals surface area (Å²) in [5.74, 6) is 2.89. The lowest BCUT2D eigenvalue weighted by molar-refractivity contribution is -0.119. The fourth-order valence-electron chi connectivity index (χ4n) is 3.16. The number of ether oxygens (including phenoxy) is 2. The molecule has 5 heteroatoms. The molecule has 0 bridgehead atoms. The van der Waals surface area contributed by atoms with E-state index in [0.29, 0.717) is 5.75 Å². The van der Waals surface area contributed by atoms with E-state index in [2.05, 4.69) is 17.4 Å². The lowest BCUT2D eigenvalue weighted by atomic mass is 9.89. The first-order chi connectivity index (χ1) is 12.5. The van der Waals surface area contributed by atoms with E-state index < -0.39 is 0 Å². The van der Waals surface area contributed by atoms with Crippen LogP contribution >= 0.6 is 11.8 Å². The van der Waals surface area contributed by atoms with Crippen LogP contribution in [0.3, 0.4) is 0 Å². The Bertz CT molecular complexity index is 761. The van der Waals surface area contributed by atoms with Crippen molar-refractivity contribution in [2.75, 3.05) is 12.9 Å². The van der Waals surface area contributed by atoms with E-state index in [9.17, 15) is 4.79 Å². The molecular weight excluding hydrogens is 346 g/mol. The van der Waals surface area contributed by atoms with Crippen molar-refractivity contribution in [1.82, 2.24) is 5.32 Å². The average Bonchev–Trinajstić information content (AvgIpc) is 2.61. The Labute approximate surface area is 159 Å². The summed E-state index contributed by atoms with van der Waals surface area (Å²) < 4.78 is 11.4. The Morgan fingerprint density at radius 1 is 1.27 bits per heavy atom. The number of hydrogen-bond donors (Lipinski definition) is 1. The van der Waals surface area contributed by atoms with Crippen molar-refractivity contribution < 1.29 is 14.3 Å². The van der Waals surface area contributed by atoms with Gasteiger partial charge >= 0.3 is 0 Å². The SMILES string of the molecule is COc1ccc2c(c1)C(NC(=O)CSCc1ccccc1)CC(C)(C)O2. The highest BCUT2D eigenvalue weighted by molar-refractivity contribution is 7.99. The van der Waals surface area contributed by atoms with Gasteiger partial charge in [0.15, 0.2) is 0 Å². The molecule has 1 aliphatic heterocycles. The van der Waals surface area contributed by atoms with Gasteiger partial charge in [0.1, 0.15) is 17.1 Å². The molecule has 0 spiro atoms. The average molecular weight is 372 g/mol. The Balaban J connectivity index is 1.63. The predicted molar refractivity (Wildman–Crippen MR) is 106 cm³/mol. The number of amides is 1. The first kappa shape index (κ1) is 18.6. The van der Waals surface area contributed by atoms with Crippen LogP contribution in [0.2, 0.25) is 0 Å². The van der Waals surface area contributed by atoms with Gasteiger partial charge in [-0.1, -0.05) is 30.3 Å². The molecule has 0 saturated carbocycles. The van der Waals surface area contributed by atoms with Crippen LogP contribution in [0.4, 0.5) is 0 Å². The molecule has 26 heavy (non-hydrogen) atoms. The minimum absolute atomic E-state index is 0.0439. The molecule has 1 aliphatic rings. The Morgan fingerprint density at radius 3 is 2.77 bits per heavy atom. The quantitative estimate of drug-likeness (QED) is 0.820. The highest BCUT2D eigenvalue weighted by Gasteiger charge is 2.34. The van der Waals surface area contributed by atoms with E-state index in [-0.39, 0.29) is 17.6 Å². The summed E-state index contributed by atoms with van der Waals surface area (Å²) in [7, 11) is 1.64. The van der Waals surface area contributed by atoms with Crippen molar-refractivity contribution in [2.45, 2.75) is 37.7 Å². The van der Waals surface area contributed by atoms with Crippen molar-refractivity contribution in [3.63, 3.8) is 0 Å². The predicted octanol–water partition coefficient (Wildman–Crippen LogP) is 4.35. The molecule has 1 heterocycles. The third kappa shape index (κ3) is 4.73. The van der Waals surface area contributed by atoms with Crippen LogP contribution < -0.4 is 14.8 Å². The summed E-state index contributed by atoms with van der Waals surface area (Å²) in [6, 6.07) is 15.9. The molecule has 1 atom stereocenters. The van der Waals surface area contributed by atoms with Gasteiger partial charge in [-0.05, 0) is 37.6 Å². The molecule has 3 rings (SSSR count). The van der Waals surface area contributed by atoms with Crippen molar-refractivity contribution in [1.29, 1.82) is 0 Å². The van der Waals surface area contributed by atoms with Gasteiger partial charge in [-0.15, -0.1) is 11.8 Å². The maximum absolute atomic E-state index is 12.5. The first-order valence-corrected chi connectivity index (χ1v) is 9.90. The fourth-order valence-corrected chi connectivity index (χ4v) is 3.96. The zero-order valence-electron chi connectivity index (χ0n) is 15.5. The van der Waals surface area contributed by atoms with Crippen molar-refractivity contribution >= 4 is 17.7 Å². The summed E-state index contributed by atoms with van der Waals surface area (Å²) in [5, 5.41) is 3.17. The van der Waals surface area contributed by atoms with Gasteiger partial charge in [0.2, 0.25) is 5.91 Å². The number of fused-ring (bicyclic) bond motifs is 1. The Kier molecular flexibility index (Phi) is 5.77. The van der Waals surface area contributed by atoms with Crippen LogP contribution in [-0.4, -0.2) is 24.4 Å². The number of carbonyl (C=O) groups is 1. The van der Waals surface area contributed by atoms with Crippen LogP contribution in [0, 0.1) is 0 Å². The largest absolute Gasteiger partial charge is 0.497 e. The molecule has 2 aromatic rings. The Hall–Kier alpha value is -2.14. The number of benzene rings is 2. The van der Waals surface area contributed by atoms with Crippen molar-refractivity contribution in [3.05, 3.63) is 59.7 Å². The molecule has 1 unspecified atom stereocenters. The van der Waals surface area contributed by atoms with Gasteiger partial charge in [0.25, 0.3) is 0 Å². The van der Waals surface area contributed by atoms with Crippen LogP contribution in [-0.2, 0) is 10.5 Å². The minimum atomic E-state index is -0.323. The summed E-state index contributed by atoms with van der Waals surface area (Å²) in [6.07, 6.45) is 0.724. The van der Waals surface area contributed by atoms with E-state index in [1.807, 2.05) is 50.2 Å². The second-order valence-electron chi connectivity index (χ2n) is 7.07. The topological polar surface area (TPSA) is 47.6 Å². The van der Waals surface area contributed by atoms with E-state index >= 15 is 0 Å². The maximum Gasteiger partial charge on any atom is 0.230 e. The molecule has 0 aromatic heterocycles. The van der Waals surface area contributed by atoms with Crippen molar-refractivity contribution in [2.24, 2.45) is 0 Å². The van der Waals surface area contributed by atoms with E-state index in [4.69, 9.17) is 9.47 Å². The van der Waals surface area contributed by atoms with Crippen LogP contribution in [0.5, 0.6) is 11.5 Å². The lowest BCUT2D eigenvalue weighted by Crippen LogP contribution is -2.41. The van der Waals surface area contributed by atoms with Crippen LogP contribution in [0.1, 0.15) is 37.4 Å². The summed E-state index contributed by atoms with van der Waals surface area (Å²) in [6.45, 7) is 4.09. The monoisotopic (exact) mass is 371 g/mol. The number of carbonyl (C=O) groups excluding carboxylic acids is 1. The zero-order chi connectivity index (χ0) is 18.6. The Morgan fingerprint density at radius 2 is 2.04 bits per heavy atom. The van der Waals surface area contributed by atoms with Gasteiger partial charge in [-0.3, -0.25) is 4.79 Å². The van der Waals surface area contributed by atoms with Gasteiger partial charge in [0, 0.05) is 17.7 Å². The van der Waals surface area contributed by atoms with E-state index in [1.165, 1.54) is 5.56 Å². The second kappa shape index (κ2) is 8.04. The van der Waals surface area contributed by atoms with Gasteiger partial charge in [-0.25, -0.2) is 0 Å². The van der Waals surface area contributed by atoms with Crippen LogP contribution in [0.25, 0.3) is 0 Å². The van der Waals surface area contributed by atoms with E-state index in [0.717, 1.165) is 29.2 Å². The maximum atomic E-state index is 12.5. The molecule has 4 nitrogen and oxygen atoms in total. The molecule has 0 saturated heterocycles.